The molecule has 0 aliphatic carbocycles. The van der Waals surface area contributed by atoms with Crippen LogP contribution in [-0.4, -0.2) is 112 Å². The molecule has 0 bridgehead atoms. The van der Waals surface area contributed by atoms with Crippen LogP contribution >= 0.6 is 0 Å². The zero-order valence-corrected chi connectivity index (χ0v) is 42.5. The fourth-order valence-corrected chi connectivity index (χ4v) is 11.9. The smallest absolute Gasteiger partial charge is 0.407 e. The number of rotatable bonds is 25. The summed E-state index contributed by atoms with van der Waals surface area (Å²) >= 11 is 0. The van der Waals surface area contributed by atoms with Gasteiger partial charge in [0.25, 0.3) is 5.69 Å². The standard InChI is InChI=1S/C31H40N4O9S.C18H33N3O2S/c1-31(2,15-6-7-16-32)21-34(45(40,41)24-12-10-23(11-13-24)35(38)39)19-27(36)26(18-22-8-4-3-5-9-22)33-30(37)44-28-20-43-29-25(28)14-17-42-29;1-15(2)13-21(14-18(3,4)11-5-6-12-19)24(22,23)17-9-7-16(20)8-10-17/h3-5,8-13,25-29,36H,6-7,14-15,17-21H2,1-2H3,(H,33,37);7-10,15H,5-6,11-14,19-20H2,1-4H3/t25-,26-,27+,28-,29+;/m0./s1. The Morgan fingerprint density at radius 2 is 1.46 bits per heavy atom. The third-order valence-corrected chi connectivity index (χ3v) is 15.8. The van der Waals surface area contributed by atoms with E-state index in [4.69, 9.17) is 30.9 Å². The average Bonchev–Trinajstić information content (AvgIpc) is 3.91. The summed E-state index contributed by atoms with van der Waals surface area (Å²) in [7, 11) is -7.78. The summed E-state index contributed by atoms with van der Waals surface area (Å²) in [6.45, 7) is 14.0. The van der Waals surface area contributed by atoms with Gasteiger partial charge in [-0.05, 0) is 104 Å². The second-order valence-corrected chi connectivity index (χ2v) is 23.7. The highest BCUT2D eigenvalue weighted by Gasteiger charge is 2.44. The van der Waals surface area contributed by atoms with Gasteiger partial charge in [0.15, 0.2) is 6.29 Å². The number of nitro benzene ring substituents is 1. The van der Waals surface area contributed by atoms with E-state index in [-0.39, 0.29) is 54.0 Å². The van der Waals surface area contributed by atoms with E-state index < -0.39 is 61.0 Å². The van der Waals surface area contributed by atoms with Crippen LogP contribution in [0.1, 0.15) is 92.1 Å². The molecule has 382 valence electrons. The van der Waals surface area contributed by atoms with Crippen molar-refractivity contribution < 1.29 is 45.9 Å². The molecule has 2 aliphatic rings. The van der Waals surface area contributed by atoms with E-state index in [2.05, 4.69) is 25.2 Å². The average molecular weight is 1000 g/mol. The number of aliphatic hydroxyl groups excluding tert-OH is 1. The molecule has 6 N–H and O–H groups in total. The summed E-state index contributed by atoms with van der Waals surface area (Å²) in [5.74, 6) is 0.173. The van der Waals surface area contributed by atoms with Crippen LogP contribution in [-0.2, 0) is 40.7 Å². The largest absolute Gasteiger partial charge is 0.443 e. The lowest BCUT2D eigenvalue weighted by Crippen LogP contribution is -2.52. The molecule has 0 spiro atoms. The molecule has 2 heterocycles. The second-order valence-electron chi connectivity index (χ2n) is 19.9. The predicted molar refractivity (Wildman–Crippen MR) is 263 cm³/mol. The Labute approximate surface area is 408 Å². The highest BCUT2D eigenvalue weighted by atomic mass is 32.2. The molecule has 20 heteroatoms. The van der Waals surface area contributed by atoms with Gasteiger partial charge >= 0.3 is 6.09 Å². The number of non-ortho nitro benzene ring substituents is 1. The number of amides is 1. The van der Waals surface area contributed by atoms with Crippen molar-refractivity contribution in [3.63, 3.8) is 0 Å². The Kier molecular flexibility index (Phi) is 21.4. The summed E-state index contributed by atoms with van der Waals surface area (Å²) in [6, 6.07) is 21.3. The van der Waals surface area contributed by atoms with Crippen molar-refractivity contribution in [1.82, 2.24) is 13.9 Å². The highest BCUT2D eigenvalue weighted by molar-refractivity contribution is 7.89. The minimum absolute atomic E-state index is 0.0141. The molecule has 3 aromatic rings. The van der Waals surface area contributed by atoms with Crippen LogP contribution < -0.4 is 16.8 Å². The third kappa shape index (κ3) is 17.6. The van der Waals surface area contributed by atoms with E-state index in [1.165, 1.54) is 0 Å². The van der Waals surface area contributed by atoms with E-state index >= 15 is 0 Å². The van der Waals surface area contributed by atoms with E-state index in [9.17, 15) is 36.9 Å². The molecular weight excluding hydrogens is 927 g/mol. The number of alkyl carbamates (subject to hydrolysis) is 1. The number of nitriles is 1. The number of unbranched alkanes of at least 4 members (excludes halogenated alkanes) is 2. The number of anilines is 1. The van der Waals surface area contributed by atoms with Crippen LogP contribution in [0.4, 0.5) is 16.2 Å². The van der Waals surface area contributed by atoms with E-state index in [0.717, 1.165) is 53.4 Å². The van der Waals surface area contributed by atoms with Gasteiger partial charge < -0.3 is 36.1 Å². The Hall–Kier alpha value is -4.72. The maximum Gasteiger partial charge on any atom is 0.407 e. The maximum atomic E-state index is 14.0. The molecule has 2 saturated heterocycles. The van der Waals surface area contributed by atoms with Crippen LogP contribution in [0, 0.1) is 44.1 Å². The van der Waals surface area contributed by atoms with Gasteiger partial charge in [-0.15, -0.1) is 0 Å². The predicted octanol–water partition coefficient (Wildman–Crippen LogP) is 6.84. The van der Waals surface area contributed by atoms with Crippen molar-refractivity contribution in [1.29, 1.82) is 5.26 Å². The number of hydrogen-bond donors (Lipinski definition) is 4. The minimum atomic E-state index is -4.25. The molecule has 0 saturated carbocycles. The lowest BCUT2D eigenvalue weighted by Gasteiger charge is -2.35. The number of nitro groups is 1. The number of nitrogen functional groups attached to an aromatic ring is 1. The summed E-state index contributed by atoms with van der Waals surface area (Å²) in [5, 5.41) is 34.5. The number of aliphatic hydroxyl groups is 1. The molecule has 2 aliphatic heterocycles. The quantitative estimate of drug-likeness (QED) is 0.0293. The molecule has 3 aromatic carbocycles. The van der Waals surface area contributed by atoms with Gasteiger partial charge in [-0.25, -0.2) is 21.6 Å². The number of carbonyl (C=O) groups is 1. The molecule has 69 heavy (non-hydrogen) atoms. The monoisotopic (exact) mass is 999 g/mol. The van der Waals surface area contributed by atoms with Gasteiger partial charge in [-0.3, -0.25) is 10.1 Å². The first kappa shape index (κ1) is 56.9. The summed E-state index contributed by atoms with van der Waals surface area (Å²) in [5.41, 5.74) is 11.7. The van der Waals surface area contributed by atoms with Crippen LogP contribution in [0.2, 0.25) is 0 Å². The normalized spacial score (nSPS) is 18.3. The second kappa shape index (κ2) is 25.9. The van der Waals surface area contributed by atoms with E-state index in [1.54, 1.807) is 28.6 Å². The van der Waals surface area contributed by atoms with Crippen LogP contribution in [0.15, 0.2) is 88.7 Å². The summed E-state index contributed by atoms with van der Waals surface area (Å²) < 4.78 is 73.5. The van der Waals surface area contributed by atoms with Gasteiger partial charge in [0.1, 0.15) is 6.10 Å². The topological polar surface area (TPSA) is 271 Å². The Morgan fingerprint density at radius 3 is 2.01 bits per heavy atom. The Bertz CT molecular complexity index is 2350. The zero-order valence-electron chi connectivity index (χ0n) is 40.9. The zero-order chi connectivity index (χ0) is 51.0. The van der Waals surface area contributed by atoms with Crippen LogP contribution in [0.3, 0.4) is 0 Å². The Morgan fingerprint density at radius 1 is 0.899 bits per heavy atom. The van der Waals surface area contributed by atoms with Crippen molar-refractivity contribution in [2.75, 3.05) is 51.7 Å². The first-order valence-corrected chi connectivity index (χ1v) is 26.5. The fraction of sp³-hybridized carbons (Fsp3) is 0.592. The molecule has 5 atom stereocenters. The van der Waals surface area contributed by atoms with Gasteiger partial charge in [-0.2, -0.15) is 13.9 Å². The van der Waals surface area contributed by atoms with Crippen molar-refractivity contribution >= 4 is 37.5 Å². The third-order valence-electron chi connectivity index (χ3n) is 12.1. The summed E-state index contributed by atoms with van der Waals surface area (Å²) in [4.78, 5) is 23.8. The lowest BCUT2D eigenvalue weighted by atomic mass is 9.87. The molecule has 18 nitrogen and oxygen atoms in total. The summed E-state index contributed by atoms with van der Waals surface area (Å²) in [6.07, 6.45) is 2.16. The number of carbonyl (C=O) groups excluding carboxylic acids is 1. The fourth-order valence-electron chi connectivity index (χ4n) is 8.44. The van der Waals surface area contributed by atoms with Gasteiger partial charge in [0.2, 0.25) is 20.0 Å². The van der Waals surface area contributed by atoms with Gasteiger partial charge in [0.05, 0.1) is 52.1 Å². The van der Waals surface area contributed by atoms with E-state index in [0.29, 0.717) is 62.5 Å². The number of nitrogens with two attached hydrogens (primary N) is 2. The van der Waals surface area contributed by atoms with Crippen molar-refractivity contribution in [2.24, 2.45) is 28.4 Å². The van der Waals surface area contributed by atoms with Gasteiger partial charge in [0, 0.05) is 50.4 Å². The Balaban J connectivity index is 0.000000365. The first-order chi connectivity index (χ1) is 32.5. The van der Waals surface area contributed by atoms with Crippen molar-refractivity contribution in [3.8, 4) is 6.07 Å². The lowest BCUT2D eigenvalue weighted by molar-refractivity contribution is -0.384. The minimum Gasteiger partial charge on any atom is -0.443 e. The number of hydrogen-bond acceptors (Lipinski definition) is 14. The van der Waals surface area contributed by atoms with Crippen molar-refractivity contribution in [3.05, 3.63) is 94.5 Å². The van der Waals surface area contributed by atoms with Crippen LogP contribution in [0.5, 0.6) is 0 Å². The molecule has 5 rings (SSSR count). The van der Waals surface area contributed by atoms with Crippen molar-refractivity contribution in [2.45, 2.75) is 127 Å². The molecule has 2 fully saturated rings. The molecule has 0 unspecified atom stereocenters. The molecule has 0 radical (unpaired) electrons. The molecular formula is C49H73N7O11S2. The molecule has 0 aromatic heterocycles. The van der Waals surface area contributed by atoms with Gasteiger partial charge in [-0.1, -0.05) is 78.3 Å². The number of nitrogens with zero attached hydrogens (tertiary/aromatic N) is 4. The number of ether oxygens (including phenoxy) is 3. The number of nitrogens with one attached hydrogen (secondary N) is 1. The number of benzene rings is 3. The first-order valence-electron chi connectivity index (χ1n) is 23.6. The van der Waals surface area contributed by atoms with Crippen LogP contribution in [0.25, 0.3) is 0 Å². The highest BCUT2D eigenvalue weighted by Crippen LogP contribution is 2.34. The number of fused-ring (bicyclic) bond motifs is 1. The maximum absolute atomic E-state index is 14.0. The SMILES string of the molecule is CC(C)(CCCC#N)CN(C[C@@H](O)[C@H](Cc1ccccc1)NC(=O)O[C@H]1CO[C@H]2OCC[C@H]21)S(=O)(=O)c1ccc([N+](=O)[O-])cc1.CC(C)CN(CC(C)(C)CCCCN)S(=O)(=O)c1ccc(N)cc1. The molecule has 1 amide bonds. The number of sulfonamides is 2. The van der Waals surface area contributed by atoms with E-state index in [1.807, 2.05) is 58.0 Å².